The normalized spacial score (nSPS) is 18.0. The Morgan fingerprint density at radius 1 is 1.33 bits per heavy atom. The van der Waals surface area contributed by atoms with E-state index in [1.54, 1.807) is 4.90 Å². The number of hydrogen-bond acceptors (Lipinski definition) is 4. The van der Waals surface area contributed by atoms with Crippen molar-refractivity contribution in [1.29, 1.82) is 5.26 Å². The van der Waals surface area contributed by atoms with E-state index in [0.717, 1.165) is 21.6 Å². The van der Waals surface area contributed by atoms with Crippen LogP contribution in [0.15, 0.2) is 40.4 Å². The van der Waals surface area contributed by atoms with Crippen LogP contribution in [-0.4, -0.2) is 33.6 Å². The highest BCUT2D eigenvalue weighted by Crippen LogP contribution is 2.34. The third-order valence-electron chi connectivity index (χ3n) is 3.84. The van der Waals surface area contributed by atoms with Gasteiger partial charge in [0.25, 0.3) is 5.91 Å². The van der Waals surface area contributed by atoms with E-state index in [0.29, 0.717) is 18.0 Å². The number of para-hydroxylation sites is 1. The van der Waals surface area contributed by atoms with Crippen molar-refractivity contribution in [2.75, 3.05) is 13.1 Å². The lowest BCUT2D eigenvalue weighted by Gasteiger charge is -2.11. The summed E-state index contributed by atoms with van der Waals surface area (Å²) in [5, 5.41) is 10.8. The van der Waals surface area contributed by atoms with Crippen LogP contribution in [0.2, 0.25) is 0 Å². The molecule has 1 saturated heterocycles. The molecule has 0 bridgehead atoms. The Bertz CT molecular complexity index is 888. The number of fused-ring (bicyclic) bond motifs is 1. The third kappa shape index (κ3) is 2.83. The molecule has 0 unspecified atom stereocenters. The molecule has 0 atom stereocenters. The standard InChI is InChI=1S/C18H18N4OS/c1-3-20-18-22(4-2)17(23)16(24-18)11-13-12-21(10-9-19)15-8-6-5-7-14(13)15/h5-8,11-12H,3-4,10H2,1-2H3/b16-11+,20-18?. The smallest absolute Gasteiger partial charge is 0.266 e. The Balaban J connectivity index is 2.06. The van der Waals surface area contributed by atoms with Crippen molar-refractivity contribution < 1.29 is 4.79 Å². The summed E-state index contributed by atoms with van der Waals surface area (Å²) in [6, 6.07) is 10.1. The number of nitrogens with zero attached hydrogens (tertiary/aromatic N) is 4. The molecule has 122 valence electrons. The van der Waals surface area contributed by atoms with E-state index >= 15 is 0 Å². The van der Waals surface area contributed by atoms with Crippen LogP contribution < -0.4 is 0 Å². The number of nitriles is 1. The minimum atomic E-state index is -0.00758. The molecular formula is C18H18N4OS. The Labute approximate surface area is 145 Å². The molecule has 0 saturated carbocycles. The van der Waals surface area contributed by atoms with Gasteiger partial charge in [-0.1, -0.05) is 18.2 Å². The number of hydrogen-bond donors (Lipinski definition) is 0. The van der Waals surface area contributed by atoms with E-state index in [9.17, 15) is 4.79 Å². The highest BCUT2D eigenvalue weighted by atomic mass is 32.2. The Hall–Kier alpha value is -2.52. The first-order valence-corrected chi connectivity index (χ1v) is 8.71. The zero-order valence-corrected chi connectivity index (χ0v) is 14.5. The molecule has 0 N–H and O–H groups in total. The van der Waals surface area contributed by atoms with Crippen LogP contribution in [0.25, 0.3) is 17.0 Å². The Kier molecular flexibility index (Phi) is 4.72. The van der Waals surface area contributed by atoms with Crippen molar-refractivity contribution >= 4 is 39.8 Å². The molecule has 24 heavy (non-hydrogen) atoms. The van der Waals surface area contributed by atoms with E-state index in [-0.39, 0.29) is 12.5 Å². The fraction of sp³-hybridized carbons (Fsp3) is 0.278. The largest absolute Gasteiger partial charge is 0.333 e. The lowest BCUT2D eigenvalue weighted by molar-refractivity contribution is -0.122. The lowest BCUT2D eigenvalue weighted by atomic mass is 10.1. The molecule has 1 aliphatic heterocycles. The summed E-state index contributed by atoms with van der Waals surface area (Å²) in [5.74, 6) is -0.00758. The van der Waals surface area contributed by atoms with Crippen LogP contribution in [0.4, 0.5) is 0 Å². The number of aliphatic imine (C=N–C) groups is 1. The third-order valence-corrected chi connectivity index (χ3v) is 4.89. The first-order chi connectivity index (χ1) is 11.7. The molecule has 0 radical (unpaired) electrons. The minimum Gasteiger partial charge on any atom is -0.333 e. The monoisotopic (exact) mass is 338 g/mol. The highest BCUT2D eigenvalue weighted by molar-refractivity contribution is 8.18. The number of thioether (sulfide) groups is 1. The SMILES string of the molecule is CCN=C1S/C(=C/c2cn(CC#N)c3ccccc23)C(=O)N1CC. The zero-order valence-electron chi connectivity index (χ0n) is 13.7. The van der Waals surface area contributed by atoms with E-state index in [2.05, 4.69) is 11.1 Å². The van der Waals surface area contributed by atoms with Gasteiger partial charge in [-0.3, -0.25) is 14.7 Å². The minimum absolute atomic E-state index is 0.00758. The highest BCUT2D eigenvalue weighted by Gasteiger charge is 2.32. The average Bonchev–Trinajstić information content (AvgIpc) is 3.08. The van der Waals surface area contributed by atoms with Crippen LogP contribution in [-0.2, 0) is 11.3 Å². The molecule has 3 rings (SSSR count). The van der Waals surface area contributed by atoms with E-state index in [1.807, 2.05) is 55.0 Å². The molecule has 5 nitrogen and oxygen atoms in total. The molecule has 1 amide bonds. The summed E-state index contributed by atoms with van der Waals surface area (Å²) in [7, 11) is 0. The first kappa shape index (κ1) is 16.3. The van der Waals surface area contributed by atoms with Gasteiger partial charge in [0.05, 0.1) is 11.0 Å². The van der Waals surface area contributed by atoms with E-state index in [1.165, 1.54) is 11.8 Å². The number of carbonyl (C=O) groups excluding carboxylic acids is 1. The molecule has 0 aliphatic carbocycles. The number of rotatable bonds is 4. The van der Waals surface area contributed by atoms with Crippen molar-refractivity contribution in [2.24, 2.45) is 4.99 Å². The van der Waals surface area contributed by atoms with Crippen LogP contribution >= 0.6 is 11.8 Å². The van der Waals surface area contributed by atoms with E-state index < -0.39 is 0 Å². The Morgan fingerprint density at radius 3 is 2.83 bits per heavy atom. The van der Waals surface area contributed by atoms with Gasteiger partial charge in [0.2, 0.25) is 0 Å². The number of likely N-dealkylation sites (N-methyl/N-ethyl adjacent to an activating group) is 1. The maximum atomic E-state index is 12.6. The molecule has 1 aliphatic rings. The van der Waals surface area contributed by atoms with Gasteiger partial charge >= 0.3 is 0 Å². The summed E-state index contributed by atoms with van der Waals surface area (Å²) < 4.78 is 1.91. The van der Waals surface area contributed by atoms with Crippen molar-refractivity contribution in [2.45, 2.75) is 20.4 Å². The van der Waals surface area contributed by atoms with Gasteiger partial charge in [0.15, 0.2) is 5.17 Å². The molecule has 1 aromatic heterocycles. The number of benzene rings is 1. The maximum absolute atomic E-state index is 12.6. The number of amides is 1. The van der Waals surface area contributed by atoms with Crippen LogP contribution in [0.3, 0.4) is 0 Å². The summed E-state index contributed by atoms with van der Waals surface area (Å²) in [5.41, 5.74) is 1.95. The summed E-state index contributed by atoms with van der Waals surface area (Å²) in [4.78, 5) is 19.4. The molecule has 2 aromatic rings. The van der Waals surface area contributed by atoms with Crippen LogP contribution in [0, 0.1) is 11.3 Å². The predicted octanol–water partition coefficient (Wildman–Crippen LogP) is 3.48. The molecule has 6 heteroatoms. The topological polar surface area (TPSA) is 61.4 Å². The van der Waals surface area contributed by atoms with Crippen molar-refractivity contribution in [3.8, 4) is 6.07 Å². The fourth-order valence-electron chi connectivity index (χ4n) is 2.78. The molecular weight excluding hydrogens is 320 g/mol. The van der Waals surface area contributed by atoms with Gasteiger partial charge in [-0.05, 0) is 37.8 Å². The summed E-state index contributed by atoms with van der Waals surface area (Å²) in [6.45, 7) is 5.46. The number of carbonyl (C=O) groups is 1. The summed E-state index contributed by atoms with van der Waals surface area (Å²) >= 11 is 1.42. The zero-order chi connectivity index (χ0) is 17.1. The van der Waals surface area contributed by atoms with Gasteiger partial charge < -0.3 is 4.57 Å². The predicted molar refractivity (Wildman–Crippen MR) is 98.5 cm³/mol. The lowest BCUT2D eigenvalue weighted by Crippen LogP contribution is -2.28. The maximum Gasteiger partial charge on any atom is 0.266 e. The second-order valence-electron chi connectivity index (χ2n) is 5.30. The van der Waals surface area contributed by atoms with Crippen molar-refractivity contribution in [3.05, 3.63) is 40.9 Å². The first-order valence-electron chi connectivity index (χ1n) is 7.90. The van der Waals surface area contributed by atoms with Crippen LogP contribution in [0.1, 0.15) is 19.4 Å². The fourth-order valence-corrected chi connectivity index (χ4v) is 3.87. The second-order valence-corrected chi connectivity index (χ2v) is 6.31. The van der Waals surface area contributed by atoms with Crippen molar-refractivity contribution in [3.63, 3.8) is 0 Å². The molecule has 2 heterocycles. The number of amidine groups is 1. The molecule has 1 fully saturated rings. The van der Waals surface area contributed by atoms with Gasteiger partial charge in [0, 0.05) is 35.8 Å². The van der Waals surface area contributed by atoms with Gasteiger partial charge in [-0.2, -0.15) is 5.26 Å². The van der Waals surface area contributed by atoms with Gasteiger partial charge in [0.1, 0.15) is 6.54 Å². The summed E-state index contributed by atoms with van der Waals surface area (Å²) in [6.07, 6.45) is 3.84. The number of aromatic nitrogens is 1. The molecule has 1 aromatic carbocycles. The quantitative estimate of drug-likeness (QED) is 0.802. The average molecular weight is 338 g/mol. The van der Waals surface area contributed by atoms with Crippen molar-refractivity contribution in [1.82, 2.24) is 9.47 Å². The van der Waals surface area contributed by atoms with Gasteiger partial charge in [-0.25, -0.2) is 0 Å². The van der Waals surface area contributed by atoms with Crippen LogP contribution in [0.5, 0.6) is 0 Å². The van der Waals surface area contributed by atoms with E-state index in [4.69, 9.17) is 5.26 Å². The second kappa shape index (κ2) is 6.93. The molecule has 0 spiro atoms. The van der Waals surface area contributed by atoms with Gasteiger partial charge in [-0.15, -0.1) is 0 Å². The Morgan fingerprint density at radius 2 is 2.12 bits per heavy atom.